The van der Waals surface area contributed by atoms with E-state index >= 15 is 0 Å². The first kappa shape index (κ1) is 10.8. The van der Waals surface area contributed by atoms with E-state index in [0.717, 1.165) is 0 Å². The van der Waals surface area contributed by atoms with Crippen molar-refractivity contribution in [2.45, 2.75) is 0 Å². The molecule has 0 saturated carbocycles. The standard InChI is InChI=1S/C10H7ClN4O3/c1-16-7-3-8-6(2-5(7)11)13-9(18-8)14-10-15-12-4-17-10/h2-4H,1H3,(H,13,14,15). The number of fused-ring (bicyclic) bond motifs is 1. The molecule has 2 heterocycles. The van der Waals surface area contributed by atoms with Gasteiger partial charge in [0, 0.05) is 6.07 Å². The van der Waals surface area contributed by atoms with Crippen molar-refractivity contribution in [3.8, 4) is 5.75 Å². The number of nitrogens with zero attached hydrogens (tertiary/aromatic N) is 3. The Bertz CT molecular complexity index is 680. The summed E-state index contributed by atoms with van der Waals surface area (Å²) in [5.41, 5.74) is 1.14. The molecular weight excluding hydrogens is 260 g/mol. The van der Waals surface area contributed by atoms with E-state index in [0.29, 0.717) is 21.9 Å². The van der Waals surface area contributed by atoms with Gasteiger partial charge in [0.2, 0.25) is 6.39 Å². The molecule has 0 amide bonds. The lowest BCUT2D eigenvalue weighted by Gasteiger charge is -2.00. The molecule has 0 radical (unpaired) electrons. The second-order valence-electron chi connectivity index (χ2n) is 3.34. The van der Waals surface area contributed by atoms with Gasteiger partial charge < -0.3 is 13.6 Å². The van der Waals surface area contributed by atoms with Crippen LogP contribution in [0.15, 0.2) is 27.4 Å². The molecule has 2 aromatic heterocycles. The minimum atomic E-state index is 0.194. The molecule has 0 aliphatic rings. The fourth-order valence-corrected chi connectivity index (χ4v) is 1.69. The molecular formula is C10H7ClN4O3. The van der Waals surface area contributed by atoms with E-state index in [-0.39, 0.29) is 12.0 Å². The van der Waals surface area contributed by atoms with Crippen LogP contribution in [0.5, 0.6) is 5.75 Å². The molecule has 0 saturated heterocycles. The first-order valence-electron chi connectivity index (χ1n) is 4.93. The smallest absolute Gasteiger partial charge is 0.323 e. The maximum absolute atomic E-state index is 5.99. The van der Waals surface area contributed by atoms with Crippen LogP contribution in [0.1, 0.15) is 0 Å². The SMILES string of the molecule is COc1cc2oc(Nc3nnco3)nc2cc1Cl. The molecule has 92 valence electrons. The maximum atomic E-state index is 5.99. The van der Waals surface area contributed by atoms with Crippen LogP contribution in [0.2, 0.25) is 5.02 Å². The zero-order valence-electron chi connectivity index (χ0n) is 9.18. The van der Waals surface area contributed by atoms with Crippen LogP contribution in [0.3, 0.4) is 0 Å². The topological polar surface area (TPSA) is 86.2 Å². The number of rotatable bonds is 3. The van der Waals surface area contributed by atoms with Gasteiger partial charge in [-0.15, -0.1) is 5.10 Å². The highest BCUT2D eigenvalue weighted by molar-refractivity contribution is 6.32. The Hall–Kier alpha value is -2.28. The molecule has 7 nitrogen and oxygen atoms in total. The van der Waals surface area contributed by atoms with E-state index in [1.165, 1.54) is 13.5 Å². The van der Waals surface area contributed by atoms with Crippen LogP contribution >= 0.6 is 11.6 Å². The Morgan fingerprint density at radius 3 is 2.94 bits per heavy atom. The van der Waals surface area contributed by atoms with Gasteiger partial charge in [0.1, 0.15) is 11.3 Å². The number of methoxy groups -OCH3 is 1. The molecule has 0 aliphatic carbocycles. The van der Waals surface area contributed by atoms with Crippen LogP contribution < -0.4 is 10.1 Å². The quantitative estimate of drug-likeness (QED) is 0.779. The highest BCUT2D eigenvalue weighted by Crippen LogP contribution is 2.31. The van der Waals surface area contributed by atoms with Crippen LogP contribution in [-0.2, 0) is 0 Å². The predicted molar refractivity (Wildman–Crippen MR) is 63.2 cm³/mol. The number of aromatic nitrogens is 3. The molecule has 0 bridgehead atoms. The summed E-state index contributed by atoms with van der Waals surface area (Å²) in [6.45, 7) is 0. The Morgan fingerprint density at radius 2 is 2.22 bits per heavy atom. The number of halogens is 1. The molecule has 0 atom stereocenters. The summed E-state index contributed by atoms with van der Waals surface area (Å²) < 4.78 is 15.5. The summed E-state index contributed by atoms with van der Waals surface area (Å²) in [5.74, 6) is 0.518. The highest BCUT2D eigenvalue weighted by atomic mass is 35.5. The summed E-state index contributed by atoms with van der Waals surface area (Å²) in [7, 11) is 1.53. The van der Waals surface area contributed by atoms with E-state index in [4.69, 9.17) is 25.2 Å². The van der Waals surface area contributed by atoms with Gasteiger partial charge >= 0.3 is 12.0 Å². The van der Waals surface area contributed by atoms with Gasteiger partial charge in [-0.25, -0.2) is 0 Å². The summed E-state index contributed by atoms with van der Waals surface area (Å²) >= 11 is 5.99. The summed E-state index contributed by atoms with van der Waals surface area (Å²) in [5, 5.41) is 10.4. The Balaban J connectivity index is 2.00. The van der Waals surface area contributed by atoms with Crippen molar-refractivity contribution in [2.24, 2.45) is 0 Å². The number of ether oxygens (including phenoxy) is 1. The number of benzene rings is 1. The van der Waals surface area contributed by atoms with Gasteiger partial charge in [-0.1, -0.05) is 16.7 Å². The lowest BCUT2D eigenvalue weighted by atomic mass is 10.3. The third-order valence-electron chi connectivity index (χ3n) is 2.24. The molecule has 1 N–H and O–H groups in total. The zero-order valence-corrected chi connectivity index (χ0v) is 9.93. The average molecular weight is 267 g/mol. The molecule has 0 spiro atoms. The summed E-state index contributed by atoms with van der Waals surface area (Å²) in [6, 6.07) is 3.74. The number of anilines is 2. The van der Waals surface area contributed by atoms with Crippen LogP contribution in [-0.4, -0.2) is 22.3 Å². The zero-order chi connectivity index (χ0) is 12.5. The third-order valence-corrected chi connectivity index (χ3v) is 2.53. The second-order valence-corrected chi connectivity index (χ2v) is 3.75. The minimum absolute atomic E-state index is 0.194. The van der Waals surface area contributed by atoms with Gasteiger partial charge in [-0.2, -0.15) is 4.98 Å². The number of oxazole rings is 1. The fourth-order valence-electron chi connectivity index (χ4n) is 1.46. The molecule has 18 heavy (non-hydrogen) atoms. The molecule has 0 aliphatic heterocycles. The van der Waals surface area contributed by atoms with Gasteiger partial charge in [-0.3, -0.25) is 5.32 Å². The monoisotopic (exact) mass is 266 g/mol. The second kappa shape index (κ2) is 4.19. The van der Waals surface area contributed by atoms with Gasteiger partial charge in [-0.05, 0) is 6.07 Å². The van der Waals surface area contributed by atoms with Crippen molar-refractivity contribution < 1.29 is 13.6 Å². The van der Waals surface area contributed by atoms with Crippen LogP contribution in [0, 0.1) is 0 Å². The molecule has 0 fully saturated rings. The number of hydrogen-bond acceptors (Lipinski definition) is 7. The van der Waals surface area contributed by atoms with E-state index in [2.05, 4.69) is 20.5 Å². The normalized spacial score (nSPS) is 10.8. The van der Waals surface area contributed by atoms with Crippen molar-refractivity contribution in [1.82, 2.24) is 15.2 Å². The van der Waals surface area contributed by atoms with E-state index < -0.39 is 0 Å². The first-order valence-corrected chi connectivity index (χ1v) is 5.31. The molecule has 3 aromatic rings. The molecule has 0 unspecified atom stereocenters. The van der Waals surface area contributed by atoms with Crippen LogP contribution in [0.4, 0.5) is 12.0 Å². The largest absolute Gasteiger partial charge is 0.495 e. The third kappa shape index (κ3) is 1.84. The van der Waals surface area contributed by atoms with Crippen molar-refractivity contribution >= 4 is 34.7 Å². The van der Waals surface area contributed by atoms with Crippen molar-refractivity contribution in [1.29, 1.82) is 0 Å². The lowest BCUT2D eigenvalue weighted by molar-refractivity contribution is 0.415. The fraction of sp³-hybridized carbons (Fsp3) is 0.100. The molecule has 1 aromatic carbocycles. The summed E-state index contributed by atoms with van der Waals surface area (Å²) in [4.78, 5) is 4.18. The highest BCUT2D eigenvalue weighted by Gasteiger charge is 2.11. The summed E-state index contributed by atoms with van der Waals surface area (Å²) in [6.07, 6.45) is 1.20. The van der Waals surface area contributed by atoms with Crippen molar-refractivity contribution in [3.05, 3.63) is 23.5 Å². The van der Waals surface area contributed by atoms with Crippen LogP contribution in [0.25, 0.3) is 11.1 Å². The van der Waals surface area contributed by atoms with Gasteiger partial charge in [0.25, 0.3) is 0 Å². The molecule has 8 heteroatoms. The van der Waals surface area contributed by atoms with Gasteiger partial charge in [0.05, 0.1) is 12.1 Å². The lowest BCUT2D eigenvalue weighted by Crippen LogP contribution is -1.89. The van der Waals surface area contributed by atoms with Crippen molar-refractivity contribution in [2.75, 3.05) is 12.4 Å². The maximum Gasteiger partial charge on any atom is 0.323 e. The van der Waals surface area contributed by atoms with Crippen molar-refractivity contribution in [3.63, 3.8) is 0 Å². The van der Waals surface area contributed by atoms with E-state index in [1.807, 2.05) is 0 Å². The molecule has 3 rings (SSSR count). The predicted octanol–water partition coefficient (Wildman–Crippen LogP) is 2.62. The number of hydrogen-bond donors (Lipinski definition) is 1. The minimum Gasteiger partial charge on any atom is -0.495 e. The van der Waals surface area contributed by atoms with Gasteiger partial charge in [0.15, 0.2) is 5.58 Å². The Kier molecular flexibility index (Phi) is 2.52. The Morgan fingerprint density at radius 1 is 1.33 bits per heavy atom. The van der Waals surface area contributed by atoms with E-state index in [9.17, 15) is 0 Å². The first-order chi connectivity index (χ1) is 8.76. The van der Waals surface area contributed by atoms with E-state index in [1.54, 1.807) is 12.1 Å². The number of nitrogens with one attached hydrogen (secondary N) is 1. The Labute approximate surface area is 106 Å². The average Bonchev–Trinajstić information content (AvgIpc) is 2.97.